The number of rotatable bonds is 6. The third kappa shape index (κ3) is 3.51. The van der Waals surface area contributed by atoms with Gasteiger partial charge in [-0.2, -0.15) is 0 Å². The summed E-state index contributed by atoms with van der Waals surface area (Å²) in [5, 5.41) is 5.44. The topological polar surface area (TPSA) is 111 Å². The maximum atomic E-state index is 12.3. The highest BCUT2D eigenvalue weighted by atomic mass is 16.5. The van der Waals surface area contributed by atoms with Gasteiger partial charge in [-0.15, -0.1) is 0 Å². The van der Waals surface area contributed by atoms with Crippen molar-refractivity contribution in [1.29, 1.82) is 0 Å². The Morgan fingerprint density at radius 2 is 1.69 bits per heavy atom. The first-order valence-electron chi connectivity index (χ1n) is 8.11. The molecule has 134 valence electrons. The van der Waals surface area contributed by atoms with Crippen molar-refractivity contribution in [3.8, 4) is 5.75 Å². The molecular formula is C19H19N3O4. The molecule has 3 amide bonds. The molecule has 0 spiro atoms. The van der Waals surface area contributed by atoms with Gasteiger partial charge in [-0.05, 0) is 49.2 Å². The molecule has 4 N–H and O–H groups in total. The molecule has 0 atom stereocenters. The molecule has 0 heterocycles. The van der Waals surface area contributed by atoms with Crippen LogP contribution in [0.25, 0.3) is 0 Å². The Balaban J connectivity index is 1.64. The number of benzene rings is 2. The lowest BCUT2D eigenvalue weighted by molar-refractivity contribution is -0.132. The van der Waals surface area contributed by atoms with Crippen LogP contribution in [-0.4, -0.2) is 24.8 Å². The van der Waals surface area contributed by atoms with Crippen LogP contribution in [0.1, 0.15) is 23.2 Å². The van der Waals surface area contributed by atoms with E-state index in [1.165, 1.54) is 0 Å². The van der Waals surface area contributed by atoms with Gasteiger partial charge >= 0.3 is 0 Å². The SMILES string of the molecule is COc1cccc(NC(=O)c2ccc(NC(=O)C3(C(N)=O)CC3)cc2)c1. The zero-order valence-corrected chi connectivity index (χ0v) is 14.2. The van der Waals surface area contributed by atoms with E-state index < -0.39 is 17.2 Å². The van der Waals surface area contributed by atoms with E-state index in [4.69, 9.17) is 10.5 Å². The Bertz CT molecular complexity index is 857. The predicted octanol–water partition coefficient (Wildman–Crippen LogP) is 2.15. The van der Waals surface area contributed by atoms with Crippen LogP contribution in [0.5, 0.6) is 5.75 Å². The molecule has 1 aliphatic rings. The van der Waals surface area contributed by atoms with Gasteiger partial charge < -0.3 is 21.1 Å². The lowest BCUT2D eigenvalue weighted by Gasteiger charge is -2.12. The normalized spacial score (nSPS) is 14.2. The summed E-state index contributed by atoms with van der Waals surface area (Å²) < 4.78 is 5.12. The summed E-state index contributed by atoms with van der Waals surface area (Å²) >= 11 is 0. The van der Waals surface area contributed by atoms with Gasteiger partial charge in [0.25, 0.3) is 5.91 Å². The van der Waals surface area contributed by atoms with Crippen LogP contribution in [0.15, 0.2) is 48.5 Å². The Labute approximate surface area is 150 Å². The van der Waals surface area contributed by atoms with E-state index in [1.807, 2.05) is 0 Å². The highest BCUT2D eigenvalue weighted by Crippen LogP contribution is 2.46. The summed E-state index contributed by atoms with van der Waals surface area (Å²) in [5.41, 5.74) is 5.75. The molecule has 0 saturated heterocycles. The van der Waals surface area contributed by atoms with Gasteiger partial charge in [0.15, 0.2) is 0 Å². The molecule has 2 aromatic rings. The number of hydrogen-bond acceptors (Lipinski definition) is 4. The van der Waals surface area contributed by atoms with Crippen LogP contribution in [0.4, 0.5) is 11.4 Å². The number of primary amides is 1. The van der Waals surface area contributed by atoms with Crippen LogP contribution in [0.3, 0.4) is 0 Å². The van der Waals surface area contributed by atoms with Crippen molar-refractivity contribution < 1.29 is 19.1 Å². The van der Waals surface area contributed by atoms with Gasteiger partial charge in [0.2, 0.25) is 11.8 Å². The minimum atomic E-state index is -1.08. The fourth-order valence-electron chi connectivity index (χ4n) is 2.57. The number of anilines is 2. The van der Waals surface area contributed by atoms with E-state index in [1.54, 1.807) is 55.6 Å². The molecule has 0 aliphatic heterocycles. The Kier molecular flexibility index (Phi) is 4.62. The lowest BCUT2D eigenvalue weighted by Crippen LogP contribution is -2.36. The lowest BCUT2D eigenvalue weighted by atomic mass is 10.1. The van der Waals surface area contributed by atoms with Crippen LogP contribution in [0, 0.1) is 5.41 Å². The van der Waals surface area contributed by atoms with Gasteiger partial charge in [0, 0.05) is 23.0 Å². The summed E-state index contributed by atoms with van der Waals surface area (Å²) in [4.78, 5) is 35.8. The molecule has 7 nitrogen and oxygen atoms in total. The van der Waals surface area contributed by atoms with Crippen molar-refractivity contribution >= 4 is 29.1 Å². The highest BCUT2D eigenvalue weighted by Gasteiger charge is 2.55. The summed E-state index contributed by atoms with van der Waals surface area (Å²) in [6.45, 7) is 0. The van der Waals surface area contributed by atoms with E-state index in [9.17, 15) is 14.4 Å². The van der Waals surface area contributed by atoms with Crippen molar-refractivity contribution in [2.24, 2.45) is 11.1 Å². The van der Waals surface area contributed by atoms with Gasteiger partial charge in [-0.3, -0.25) is 14.4 Å². The zero-order chi connectivity index (χ0) is 18.7. The monoisotopic (exact) mass is 353 g/mol. The number of nitrogens with two attached hydrogens (primary N) is 1. The summed E-state index contributed by atoms with van der Waals surface area (Å²) in [6, 6.07) is 13.4. The van der Waals surface area contributed by atoms with Gasteiger partial charge in [0.1, 0.15) is 11.2 Å². The molecule has 7 heteroatoms. The third-order valence-corrected chi connectivity index (χ3v) is 4.39. The van der Waals surface area contributed by atoms with Crippen molar-refractivity contribution in [1.82, 2.24) is 0 Å². The second-order valence-electron chi connectivity index (χ2n) is 6.16. The largest absolute Gasteiger partial charge is 0.497 e. The zero-order valence-electron chi connectivity index (χ0n) is 14.2. The summed E-state index contributed by atoms with van der Waals surface area (Å²) in [7, 11) is 1.55. The first-order chi connectivity index (χ1) is 12.4. The van der Waals surface area contributed by atoms with Crippen molar-refractivity contribution in [2.75, 3.05) is 17.7 Å². The molecule has 3 rings (SSSR count). The van der Waals surface area contributed by atoms with Crippen molar-refractivity contribution in [3.05, 3.63) is 54.1 Å². The van der Waals surface area contributed by atoms with E-state index in [-0.39, 0.29) is 5.91 Å². The maximum absolute atomic E-state index is 12.3. The predicted molar refractivity (Wildman–Crippen MR) is 96.9 cm³/mol. The van der Waals surface area contributed by atoms with Gasteiger partial charge in [0.05, 0.1) is 7.11 Å². The van der Waals surface area contributed by atoms with Crippen LogP contribution in [0.2, 0.25) is 0 Å². The number of methoxy groups -OCH3 is 1. The van der Waals surface area contributed by atoms with Crippen LogP contribution >= 0.6 is 0 Å². The fraction of sp³-hybridized carbons (Fsp3) is 0.211. The minimum Gasteiger partial charge on any atom is -0.497 e. The number of nitrogens with one attached hydrogen (secondary N) is 2. The number of carbonyl (C=O) groups excluding carboxylic acids is 3. The second-order valence-corrected chi connectivity index (χ2v) is 6.16. The first kappa shape index (κ1) is 17.5. The molecule has 0 unspecified atom stereocenters. The Morgan fingerprint density at radius 3 is 2.27 bits per heavy atom. The number of hydrogen-bond donors (Lipinski definition) is 3. The summed E-state index contributed by atoms with van der Waals surface area (Å²) in [5.74, 6) is -0.654. The molecule has 1 aliphatic carbocycles. The molecule has 1 fully saturated rings. The Hall–Kier alpha value is -3.35. The van der Waals surface area contributed by atoms with Gasteiger partial charge in [-0.1, -0.05) is 6.07 Å². The number of amides is 3. The van der Waals surface area contributed by atoms with Gasteiger partial charge in [-0.25, -0.2) is 0 Å². The quantitative estimate of drug-likeness (QED) is 0.691. The van der Waals surface area contributed by atoms with E-state index in [2.05, 4.69) is 10.6 Å². The molecule has 2 aromatic carbocycles. The first-order valence-corrected chi connectivity index (χ1v) is 8.11. The fourth-order valence-corrected chi connectivity index (χ4v) is 2.57. The standard InChI is InChI=1S/C19H19N3O4/c1-26-15-4-2-3-14(11-15)21-16(23)12-5-7-13(8-6-12)22-18(25)19(9-10-19)17(20)24/h2-8,11H,9-10H2,1H3,(H2,20,24)(H,21,23)(H,22,25). The molecule has 26 heavy (non-hydrogen) atoms. The summed E-state index contributed by atoms with van der Waals surface area (Å²) in [6.07, 6.45) is 0.935. The number of ether oxygens (including phenoxy) is 1. The number of carbonyl (C=O) groups is 3. The Morgan fingerprint density at radius 1 is 1.00 bits per heavy atom. The molecule has 0 bridgehead atoms. The maximum Gasteiger partial charge on any atom is 0.255 e. The van der Waals surface area contributed by atoms with E-state index >= 15 is 0 Å². The molecule has 1 saturated carbocycles. The average Bonchev–Trinajstić information content (AvgIpc) is 3.44. The second kappa shape index (κ2) is 6.87. The van der Waals surface area contributed by atoms with Crippen molar-refractivity contribution in [2.45, 2.75) is 12.8 Å². The highest BCUT2D eigenvalue weighted by molar-refractivity contribution is 6.12. The molecular weight excluding hydrogens is 334 g/mol. The smallest absolute Gasteiger partial charge is 0.255 e. The minimum absolute atomic E-state index is 0.285. The van der Waals surface area contributed by atoms with Crippen molar-refractivity contribution in [3.63, 3.8) is 0 Å². The molecule has 0 radical (unpaired) electrons. The van der Waals surface area contributed by atoms with Crippen LogP contribution in [-0.2, 0) is 9.59 Å². The average molecular weight is 353 g/mol. The third-order valence-electron chi connectivity index (χ3n) is 4.39. The van der Waals surface area contributed by atoms with Crippen LogP contribution < -0.4 is 21.1 Å². The molecule has 0 aromatic heterocycles. The van der Waals surface area contributed by atoms with E-state index in [0.29, 0.717) is 35.5 Å². The van der Waals surface area contributed by atoms with E-state index in [0.717, 1.165) is 0 Å².